The monoisotopic (exact) mass is 318 g/mol. The quantitative estimate of drug-likeness (QED) is 0.599. The molecule has 2 aliphatic rings. The molecule has 94 valence electrons. The summed E-state index contributed by atoms with van der Waals surface area (Å²) in [5.41, 5.74) is 0. The van der Waals surface area contributed by atoms with Crippen LogP contribution in [0.2, 0.25) is 65.5 Å². The van der Waals surface area contributed by atoms with Crippen LogP contribution in [0.25, 0.3) is 0 Å². The van der Waals surface area contributed by atoms with Crippen LogP contribution in [0.4, 0.5) is 0 Å². The van der Waals surface area contributed by atoms with Crippen LogP contribution in [0.5, 0.6) is 0 Å². The Balaban J connectivity index is 2.67. The van der Waals surface area contributed by atoms with Gasteiger partial charge in [0.1, 0.15) is 0 Å². The predicted octanol–water partition coefficient (Wildman–Crippen LogP) is 3.55. The summed E-state index contributed by atoms with van der Waals surface area (Å²) in [6, 6.07) is 0. The first-order valence-corrected chi connectivity index (χ1v) is 30.8. The molecule has 0 N–H and O–H groups in total. The fourth-order valence-electron chi connectivity index (χ4n) is 6.44. The first kappa shape index (κ1) is 13.7. The first-order chi connectivity index (χ1) is 6.75. The standard InChI is InChI=1S/C10H30Si6/c1-11(2)12(3,4)16(10)14(7,8)13(5,6)15(11,16)9/h1-10H3. The molecule has 2 rings (SSSR count). The van der Waals surface area contributed by atoms with Gasteiger partial charge in [0.2, 0.25) is 0 Å². The van der Waals surface area contributed by atoms with E-state index in [1.165, 1.54) is 0 Å². The third-order valence-corrected chi connectivity index (χ3v) is 217. The number of rotatable bonds is 0. The van der Waals surface area contributed by atoms with Crippen molar-refractivity contribution < 1.29 is 0 Å². The summed E-state index contributed by atoms with van der Waals surface area (Å²) in [4.78, 5) is 0. The number of hydrogen-bond acceptors (Lipinski definition) is 0. The molecule has 0 amide bonds. The summed E-state index contributed by atoms with van der Waals surface area (Å²) >= 11 is 0. The van der Waals surface area contributed by atoms with Crippen molar-refractivity contribution in [3.8, 4) is 0 Å². The van der Waals surface area contributed by atoms with Gasteiger partial charge < -0.3 is 0 Å². The van der Waals surface area contributed by atoms with Gasteiger partial charge in [-0.05, 0) is 0 Å². The van der Waals surface area contributed by atoms with E-state index in [1.807, 2.05) is 0 Å². The molecule has 2 heterocycles. The van der Waals surface area contributed by atoms with E-state index in [2.05, 4.69) is 65.5 Å². The molecule has 2 aliphatic heterocycles. The average Bonchev–Trinajstić information content (AvgIpc) is 2.12. The van der Waals surface area contributed by atoms with E-state index in [9.17, 15) is 0 Å². The topological polar surface area (TPSA) is 0 Å². The lowest BCUT2D eigenvalue weighted by atomic mass is 11.9. The summed E-state index contributed by atoms with van der Waals surface area (Å²) in [5.74, 6) is 0. The SMILES string of the molecule is C[Si]1(C)[Si](C)(C)[Si]2(C)[Si](C)(C)[Si](C)(C)[Si]12C. The van der Waals surface area contributed by atoms with Gasteiger partial charge in [-0.1, -0.05) is 65.5 Å². The van der Waals surface area contributed by atoms with E-state index >= 15 is 0 Å². The molecule has 2 fully saturated rings. The van der Waals surface area contributed by atoms with Crippen LogP contribution in [-0.4, -0.2) is 41.7 Å². The third kappa shape index (κ3) is 0.757. The zero-order valence-electron chi connectivity index (χ0n) is 13.0. The van der Waals surface area contributed by atoms with Gasteiger partial charge in [0.15, 0.2) is 0 Å². The average molecular weight is 319 g/mol. The third-order valence-electron chi connectivity index (χ3n) is 9.12. The fourth-order valence-corrected chi connectivity index (χ4v) is 410. The molecular formula is C10H30Si6. The lowest BCUT2D eigenvalue weighted by Gasteiger charge is -2.92. The van der Waals surface area contributed by atoms with Crippen LogP contribution in [-0.2, 0) is 0 Å². The Kier molecular flexibility index (Phi) is 2.35. The molecule has 0 spiro atoms. The Bertz CT molecular complexity index is 304. The van der Waals surface area contributed by atoms with Gasteiger partial charge in [0.25, 0.3) is 0 Å². The lowest BCUT2D eigenvalue weighted by molar-refractivity contribution is 1.72. The molecule has 0 atom stereocenters. The van der Waals surface area contributed by atoms with E-state index in [4.69, 9.17) is 0 Å². The highest BCUT2D eigenvalue weighted by Gasteiger charge is 2.95. The van der Waals surface area contributed by atoms with Crippen molar-refractivity contribution in [3.63, 3.8) is 0 Å². The Morgan fingerprint density at radius 1 is 0.312 bits per heavy atom. The molecule has 16 heavy (non-hydrogen) atoms. The van der Waals surface area contributed by atoms with Gasteiger partial charge in [-0.15, -0.1) is 0 Å². The van der Waals surface area contributed by atoms with Crippen molar-refractivity contribution in [2.75, 3.05) is 0 Å². The van der Waals surface area contributed by atoms with Gasteiger partial charge in [-0.3, -0.25) is 0 Å². The van der Waals surface area contributed by atoms with Crippen molar-refractivity contribution >= 4 is 41.7 Å². The summed E-state index contributed by atoms with van der Waals surface area (Å²) in [6.45, 7) is 27.1. The van der Waals surface area contributed by atoms with E-state index in [1.54, 1.807) is 0 Å². The molecule has 0 aromatic rings. The molecule has 0 aliphatic carbocycles. The molecule has 0 saturated carbocycles. The second-order valence-electron chi connectivity index (χ2n) is 8.75. The number of fused-ring (bicyclic) bond motifs is 1. The van der Waals surface area contributed by atoms with E-state index < -0.39 is 41.7 Å². The van der Waals surface area contributed by atoms with Gasteiger partial charge in [0.05, 0.1) is 0 Å². The number of hydrogen-bond donors (Lipinski definition) is 0. The van der Waals surface area contributed by atoms with Crippen molar-refractivity contribution in [1.29, 1.82) is 0 Å². The van der Waals surface area contributed by atoms with E-state index in [-0.39, 0.29) is 0 Å². The van der Waals surface area contributed by atoms with Gasteiger partial charge in [-0.25, -0.2) is 0 Å². The van der Waals surface area contributed by atoms with Gasteiger partial charge in [-0.2, -0.15) is 0 Å². The second kappa shape index (κ2) is 2.74. The second-order valence-corrected chi connectivity index (χ2v) is 89.2. The van der Waals surface area contributed by atoms with Crippen LogP contribution in [0.3, 0.4) is 0 Å². The van der Waals surface area contributed by atoms with E-state index in [0.717, 1.165) is 0 Å². The molecular weight excluding hydrogens is 289 g/mol. The van der Waals surface area contributed by atoms with Gasteiger partial charge in [0, 0.05) is 41.7 Å². The Hall–Kier alpha value is 1.30. The van der Waals surface area contributed by atoms with E-state index in [0.29, 0.717) is 0 Å². The summed E-state index contributed by atoms with van der Waals surface area (Å²) in [7, 11) is -2.97. The largest absolute Gasteiger partial charge is 0.0754 e. The molecule has 0 bridgehead atoms. The summed E-state index contributed by atoms with van der Waals surface area (Å²) in [6.07, 6.45) is 0. The van der Waals surface area contributed by atoms with Crippen molar-refractivity contribution in [2.24, 2.45) is 0 Å². The van der Waals surface area contributed by atoms with Crippen molar-refractivity contribution in [2.45, 2.75) is 65.5 Å². The summed E-state index contributed by atoms with van der Waals surface area (Å²) in [5, 5.41) is 0. The minimum absolute atomic E-state index is 0.684. The molecule has 0 aromatic carbocycles. The first-order valence-electron chi connectivity index (χ1n) is 6.75. The highest BCUT2D eigenvalue weighted by molar-refractivity contribution is 8.44. The minimum atomic E-state index is -0.743. The van der Waals surface area contributed by atoms with Crippen LogP contribution in [0.15, 0.2) is 0 Å². The van der Waals surface area contributed by atoms with Crippen LogP contribution < -0.4 is 0 Å². The maximum atomic E-state index is 2.92. The Morgan fingerprint density at radius 3 is 0.562 bits per heavy atom. The molecule has 0 unspecified atom stereocenters. The Labute approximate surface area is 107 Å². The zero-order valence-corrected chi connectivity index (χ0v) is 19.0. The molecule has 0 aromatic heterocycles. The van der Waals surface area contributed by atoms with Crippen molar-refractivity contribution in [3.05, 3.63) is 0 Å². The minimum Gasteiger partial charge on any atom is -0.0754 e. The predicted molar refractivity (Wildman–Crippen MR) is 93.2 cm³/mol. The van der Waals surface area contributed by atoms with Crippen LogP contribution >= 0.6 is 0 Å². The van der Waals surface area contributed by atoms with Gasteiger partial charge >= 0.3 is 0 Å². The molecule has 6 heteroatoms. The maximum Gasteiger partial charge on any atom is 0.0278 e. The lowest BCUT2D eigenvalue weighted by Crippen LogP contribution is -3.24. The Morgan fingerprint density at radius 2 is 0.438 bits per heavy atom. The van der Waals surface area contributed by atoms with Crippen LogP contribution in [0.1, 0.15) is 0 Å². The van der Waals surface area contributed by atoms with Crippen molar-refractivity contribution in [1.82, 2.24) is 0 Å². The molecule has 2 saturated heterocycles. The maximum absolute atomic E-state index is 2.92. The highest BCUT2D eigenvalue weighted by Crippen LogP contribution is 2.67. The fraction of sp³-hybridized carbons (Fsp3) is 1.00. The zero-order chi connectivity index (χ0) is 13.0. The summed E-state index contributed by atoms with van der Waals surface area (Å²) < 4.78 is 0. The highest BCUT2D eigenvalue weighted by atomic mass is 30.6. The normalized spacial score (nSPS) is 49.9. The smallest absolute Gasteiger partial charge is 0.0278 e. The molecule has 0 nitrogen and oxygen atoms in total. The van der Waals surface area contributed by atoms with Crippen LogP contribution in [0, 0.1) is 0 Å². The molecule has 0 radical (unpaired) electrons.